The largest absolute Gasteiger partial charge is 0.416 e. The van der Waals surface area contributed by atoms with Crippen LogP contribution < -0.4 is 5.32 Å². The van der Waals surface area contributed by atoms with E-state index >= 15 is 0 Å². The van der Waals surface area contributed by atoms with Gasteiger partial charge in [0.1, 0.15) is 0 Å². The quantitative estimate of drug-likeness (QED) is 0.845. The Morgan fingerprint density at radius 1 is 1.05 bits per heavy atom. The van der Waals surface area contributed by atoms with Gasteiger partial charge >= 0.3 is 6.18 Å². The summed E-state index contributed by atoms with van der Waals surface area (Å²) in [6, 6.07) is 12.8. The van der Waals surface area contributed by atoms with Crippen molar-refractivity contribution in [1.29, 1.82) is 0 Å². The van der Waals surface area contributed by atoms with Crippen molar-refractivity contribution in [1.82, 2.24) is 5.32 Å². The highest BCUT2D eigenvalue weighted by Gasteiger charge is 2.35. The minimum Gasteiger partial charge on any atom is -0.309 e. The number of halogens is 4. The number of hydrogen-bond donors (Lipinski definition) is 1. The summed E-state index contributed by atoms with van der Waals surface area (Å²) >= 11 is 3.10. The van der Waals surface area contributed by atoms with E-state index in [-0.39, 0.29) is 5.56 Å². The lowest BCUT2D eigenvalue weighted by molar-refractivity contribution is -0.138. The van der Waals surface area contributed by atoms with Crippen LogP contribution >= 0.6 is 15.9 Å². The van der Waals surface area contributed by atoms with Crippen LogP contribution in [0, 0.1) is 0 Å². The molecule has 1 nitrogen and oxygen atoms in total. The Kier molecular flexibility index (Phi) is 4.50. The van der Waals surface area contributed by atoms with Crippen LogP contribution in [0.4, 0.5) is 13.2 Å². The van der Waals surface area contributed by atoms with E-state index in [1.807, 2.05) is 30.3 Å². The topological polar surface area (TPSA) is 12.0 Å². The second kappa shape index (κ2) is 5.97. The zero-order chi connectivity index (χ0) is 14.8. The number of benzene rings is 2. The van der Waals surface area contributed by atoms with Crippen molar-refractivity contribution in [3.05, 3.63) is 69.7 Å². The van der Waals surface area contributed by atoms with Crippen molar-refractivity contribution in [2.45, 2.75) is 12.2 Å². The fraction of sp³-hybridized carbons (Fsp3) is 0.200. The highest BCUT2D eigenvalue weighted by Crippen LogP contribution is 2.37. The minimum absolute atomic E-state index is 0.217. The van der Waals surface area contributed by atoms with Gasteiger partial charge in [-0.05, 0) is 30.3 Å². The molecule has 2 rings (SSSR count). The summed E-state index contributed by atoms with van der Waals surface area (Å²) in [6.45, 7) is 0. The molecule has 0 radical (unpaired) electrons. The molecule has 0 bridgehead atoms. The van der Waals surface area contributed by atoms with Crippen LogP contribution in [0.15, 0.2) is 53.0 Å². The lowest BCUT2D eigenvalue weighted by atomic mass is 9.94. The molecule has 20 heavy (non-hydrogen) atoms. The molecule has 2 aromatic carbocycles. The maximum absolute atomic E-state index is 13.2. The molecule has 106 valence electrons. The van der Waals surface area contributed by atoms with Crippen molar-refractivity contribution in [3.8, 4) is 0 Å². The zero-order valence-electron chi connectivity index (χ0n) is 10.7. The summed E-state index contributed by atoms with van der Waals surface area (Å²) in [5.41, 5.74) is 0.382. The molecule has 0 aliphatic rings. The van der Waals surface area contributed by atoms with Crippen LogP contribution in [0.1, 0.15) is 22.7 Å². The van der Waals surface area contributed by atoms with Gasteiger partial charge in [0.15, 0.2) is 0 Å². The molecular weight excluding hydrogens is 331 g/mol. The molecule has 0 heterocycles. The molecule has 0 spiro atoms. The first kappa shape index (κ1) is 15.1. The lowest BCUT2D eigenvalue weighted by Crippen LogP contribution is -2.22. The molecule has 0 fully saturated rings. The molecule has 0 aliphatic heterocycles. The van der Waals surface area contributed by atoms with E-state index in [4.69, 9.17) is 0 Å². The second-order valence-corrected chi connectivity index (χ2v) is 5.28. The van der Waals surface area contributed by atoms with Gasteiger partial charge in [0, 0.05) is 4.47 Å². The number of hydrogen-bond acceptors (Lipinski definition) is 1. The molecule has 1 atom stereocenters. The van der Waals surface area contributed by atoms with E-state index in [2.05, 4.69) is 21.2 Å². The Morgan fingerprint density at radius 2 is 1.70 bits per heavy atom. The summed E-state index contributed by atoms with van der Waals surface area (Å²) in [6.07, 6.45) is -4.39. The molecule has 0 amide bonds. The van der Waals surface area contributed by atoms with E-state index in [0.717, 1.165) is 11.6 Å². The van der Waals surface area contributed by atoms with Crippen molar-refractivity contribution in [3.63, 3.8) is 0 Å². The first-order valence-electron chi connectivity index (χ1n) is 6.02. The highest BCUT2D eigenvalue weighted by molar-refractivity contribution is 9.10. The summed E-state index contributed by atoms with van der Waals surface area (Å²) in [5, 5.41) is 2.95. The Hall–Kier alpha value is -1.33. The summed E-state index contributed by atoms with van der Waals surface area (Å²) in [4.78, 5) is 0. The number of alkyl halides is 3. The third-order valence-corrected chi connectivity index (χ3v) is 3.55. The maximum Gasteiger partial charge on any atom is 0.416 e. The molecule has 1 unspecified atom stereocenters. The van der Waals surface area contributed by atoms with E-state index in [9.17, 15) is 13.2 Å². The Balaban J connectivity index is 2.56. The lowest BCUT2D eigenvalue weighted by Gasteiger charge is -2.22. The van der Waals surface area contributed by atoms with Crippen LogP contribution in [-0.2, 0) is 6.18 Å². The third kappa shape index (κ3) is 3.22. The third-order valence-electron chi connectivity index (χ3n) is 3.05. The van der Waals surface area contributed by atoms with Gasteiger partial charge in [-0.15, -0.1) is 0 Å². The normalized spacial score (nSPS) is 13.2. The number of nitrogens with one attached hydrogen (secondary N) is 1. The van der Waals surface area contributed by atoms with Crippen LogP contribution in [-0.4, -0.2) is 7.05 Å². The summed E-state index contributed by atoms with van der Waals surface area (Å²) in [5.74, 6) is 0. The number of rotatable bonds is 3. The highest BCUT2D eigenvalue weighted by atomic mass is 79.9. The van der Waals surface area contributed by atoms with Crippen molar-refractivity contribution in [2.75, 3.05) is 7.05 Å². The fourth-order valence-corrected chi connectivity index (χ4v) is 2.53. The van der Waals surface area contributed by atoms with Gasteiger partial charge in [-0.3, -0.25) is 0 Å². The second-order valence-electron chi connectivity index (χ2n) is 4.36. The van der Waals surface area contributed by atoms with E-state index in [0.29, 0.717) is 4.47 Å². The molecule has 0 aliphatic carbocycles. The summed E-state index contributed by atoms with van der Waals surface area (Å²) < 4.78 is 40.0. The van der Waals surface area contributed by atoms with E-state index in [1.54, 1.807) is 13.1 Å². The van der Waals surface area contributed by atoms with E-state index < -0.39 is 17.8 Å². The molecule has 0 saturated carbocycles. The van der Waals surface area contributed by atoms with Gasteiger partial charge in [0.2, 0.25) is 0 Å². The van der Waals surface area contributed by atoms with Crippen molar-refractivity contribution < 1.29 is 13.2 Å². The van der Waals surface area contributed by atoms with Gasteiger partial charge in [0.05, 0.1) is 11.6 Å². The summed E-state index contributed by atoms with van der Waals surface area (Å²) in [7, 11) is 1.65. The zero-order valence-corrected chi connectivity index (χ0v) is 12.3. The Morgan fingerprint density at radius 3 is 2.25 bits per heavy atom. The fourth-order valence-electron chi connectivity index (χ4n) is 2.17. The molecule has 2 aromatic rings. The van der Waals surface area contributed by atoms with Crippen molar-refractivity contribution in [2.24, 2.45) is 0 Å². The van der Waals surface area contributed by atoms with Gasteiger partial charge in [-0.25, -0.2) is 0 Å². The SMILES string of the molecule is CNC(c1ccccc1)c1ccc(Br)cc1C(F)(F)F. The molecule has 0 aromatic heterocycles. The van der Waals surface area contributed by atoms with Crippen LogP contribution in [0.3, 0.4) is 0 Å². The van der Waals surface area contributed by atoms with Crippen LogP contribution in [0.25, 0.3) is 0 Å². The van der Waals surface area contributed by atoms with Gasteiger partial charge in [0.25, 0.3) is 0 Å². The van der Waals surface area contributed by atoms with E-state index in [1.165, 1.54) is 6.07 Å². The standard InChI is InChI=1S/C15H13BrF3N/c1-20-14(10-5-3-2-4-6-10)12-8-7-11(16)9-13(12)15(17,18)19/h2-9,14,20H,1H3. The Bertz CT molecular complexity index is 581. The first-order valence-corrected chi connectivity index (χ1v) is 6.81. The molecule has 1 N–H and O–H groups in total. The predicted octanol–water partition coefficient (Wildman–Crippen LogP) is 4.78. The Labute approximate surface area is 123 Å². The average molecular weight is 344 g/mol. The van der Waals surface area contributed by atoms with Gasteiger partial charge in [-0.2, -0.15) is 13.2 Å². The predicted molar refractivity (Wildman–Crippen MR) is 76.5 cm³/mol. The monoisotopic (exact) mass is 343 g/mol. The van der Waals surface area contributed by atoms with Gasteiger partial charge in [-0.1, -0.05) is 52.3 Å². The molecule has 5 heteroatoms. The van der Waals surface area contributed by atoms with Gasteiger partial charge < -0.3 is 5.32 Å². The smallest absolute Gasteiger partial charge is 0.309 e. The first-order chi connectivity index (χ1) is 9.43. The maximum atomic E-state index is 13.2. The van der Waals surface area contributed by atoms with Crippen LogP contribution in [0.2, 0.25) is 0 Å². The average Bonchev–Trinajstić information content (AvgIpc) is 2.41. The molecule has 0 saturated heterocycles. The molecular formula is C15H13BrF3N. The van der Waals surface area contributed by atoms with Crippen molar-refractivity contribution >= 4 is 15.9 Å². The van der Waals surface area contributed by atoms with Crippen LogP contribution in [0.5, 0.6) is 0 Å². The minimum atomic E-state index is -4.39.